The van der Waals surface area contributed by atoms with Crippen LogP contribution in [0, 0.1) is 10.1 Å². The summed E-state index contributed by atoms with van der Waals surface area (Å²) in [6, 6.07) is 7.83. The van der Waals surface area contributed by atoms with E-state index in [0.717, 1.165) is 11.3 Å². The largest absolute Gasteiger partial charge is 0.378 e. The third-order valence-electron chi connectivity index (χ3n) is 3.40. The molecule has 0 spiro atoms. The third-order valence-corrected chi connectivity index (χ3v) is 3.40. The zero-order chi connectivity index (χ0) is 16.3. The summed E-state index contributed by atoms with van der Waals surface area (Å²) in [5.74, 6) is -0.356. The second-order valence-corrected chi connectivity index (χ2v) is 5.09. The van der Waals surface area contributed by atoms with E-state index in [-0.39, 0.29) is 11.9 Å². The summed E-state index contributed by atoms with van der Waals surface area (Å²) in [6.45, 7) is 1.89. The molecule has 1 aromatic carbocycles. The fourth-order valence-electron chi connectivity index (χ4n) is 2.10. The summed E-state index contributed by atoms with van der Waals surface area (Å²) in [5.41, 5.74) is 3.90. The van der Waals surface area contributed by atoms with Crippen molar-refractivity contribution in [3.63, 3.8) is 0 Å². The molecule has 0 aliphatic carbocycles. The second-order valence-electron chi connectivity index (χ2n) is 5.09. The lowest BCUT2D eigenvalue weighted by molar-refractivity contribution is -0.446. The predicted octanol–water partition coefficient (Wildman–Crippen LogP) is 1.59. The standard InChI is InChI=1S/C14H17N5O3/c1-9(10-4-6-11(7-5-10)18(2)3)12-8-15-14(16-13(12)20)17-19(21)22/h4-9H,1-3H3,(H2,15,16,17,20). The Kier molecular flexibility index (Phi) is 4.40. The van der Waals surface area contributed by atoms with Gasteiger partial charge < -0.3 is 4.90 Å². The van der Waals surface area contributed by atoms with Crippen LogP contribution in [0.15, 0.2) is 35.3 Å². The van der Waals surface area contributed by atoms with Crippen LogP contribution in [-0.4, -0.2) is 29.1 Å². The van der Waals surface area contributed by atoms with Crippen LogP contribution in [0.1, 0.15) is 24.0 Å². The van der Waals surface area contributed by atoms with Crippen LogP contribution in [-0.2, 0) is 0 Å². The highest BCUT2D eigenvalue weighted by atomic mass is 16.7. The molecule has 1 aromatic heterocycles. The molecular formula is C14H17N5O3. The van der Waals surface area contributed by atoms with E-state index in [1.807, 2.05) is 55.6 Å². The van der Waals surface area contributed by atoms with E-state index in [9.17, 15) is 14.9 Å². The van der Waals surface area contributed by atoms with Gasteiger partial charge in [-0.15, -0.1) is 0 Å². The van der Waals surface area contributed by atoms with Gasteiger partial charge in [0.1, 0.15) is 0 Å². The summed E-state index contributed by atoms with van der Waals surface area (Å²) < 4.78 is 0. The molecule has 0 bridgehead atoms. The smallest absolute Gasteiger partial charge is 0.265 e. The molecule has 116 valence electrons. The van der Waals surface area contributed by atoms with E-state index in [0.29, 0.717) is 5.56 Å². The first kappa shape index (κ1) is 15.5. The molecule has 1 unspecified atom stereocenters. The maximum Gasteiger partial charge on any atom is 0.265 e. The molecule has 0 aliphatic heterocycles. The SMILES string of the molecule is CC(c1ccc(N(C)C)cc1)c1cnc(N[N+](=O)[O-])[nH]c1=O. The lowest BCUT2D eigenvalue weighted by atomic mass is 9.95. The molecule has 0 radical (unpaired) electrons. The van der Waals surface area contributed by atoms with Gasteiger partial charge in [0, 0.05) is 37.5 Å². The van der Waals surface area contributed by atoms with Crippen molar-refractivity contribution in [1.82, 2.24) is 9.97 Å². The Morgan fingerprint density at radius 1 is 1.32 bits per heavy atom. The number of rotatable bonds is 5. The van der Waals surface area contributed by atoms with Crippen molar-refractivity contribution in [2.45, 2.75) is 12.8 Å². The van der Waals surface area contributed by atoms with Crippen molar-refractivity contribution in [2.24, 2.45) is 0 Å². The Balaban J connectivity index is 2.27. The molecule has 1 heterocycles. The number of hydrogen-bond donors (Lipinski definition) is 2. The molecule has 0 aliphatic rings. The van der Waals surface area contributed by atoms with Gasteiger partial charge in [0.15, 0.2) is 5.03 Å². The second kappa shape index (κ2) is 6.25. The van der Waals surface area contributed by atoms with Gasteiger partial charge in [-0.2, -0.15) is 0 Å². The van der Waals surface area contributed by atoms with Crippen molar-refractivity contribution < 1.29 is 5.03 Å². The Labute approximate surface area is 126 Å². The Hall–Kier alpha value is -2.90. The zero-order valence-corrected chi connectivity index (χ0v) is 12.5. The van der Waals surface area contributed by atoms with E-state index in [2.05, 4.69) is 9.97 Å². The number of H-pyrrole nitrogens is 1. The summed E-state index contributed by atoms with van der Waals surface area (Å²) >= 11 is 0. The van der Waals surface area contributed by atoms with Crippen LogP contribution in [0.3, 0.4) is 0 Å². The Morgan fingerprint density at radius 2 is 1.95 bits per heavy atom. The van der Waals surface area contributed by atoms with E-state index in [1.54, 1.807) is 0 Å². The van der Waals surface area contributed by atoms with Crippen LogP contribution < -0.4 is 15.9 Å². The molecule has 22 heavy (non-hydrogen) atoms. The summed E-state index contributed by atoms with van der Waals surface area (Å²) in [7, 11) is 3.90. The number of aromatic nitrogens is 2. The topological polar surface area (TPSA) is 104 Å². The molecule has 0 amide bonds. The van der Waals surface area contributed by atoms with Crippen molar-refractivity contribution in [1.29, 1.82) is 0 Å². The third kappa shape index (κ3) is 3.40. The van der Waals surface area contributed by atoms with E-state index < -0.39 is 10.6 Å². The number of nitro groups is 1. The van der Waals surface area contributed by atoms with E-state index in [1.165, 1.54) is 6.20 Å². The fourth-order valence-corrected chi connectivity index (χ4v) is 2.10. The zero-order valence-electron chi connectivity index (χ0n) is 12.5. The highest BCUT2D eigenvalue weighted by Gasteiger charge is 2.14. The molecule has 2 aromatic rings. The first-order valence-electron chi connectivity index (χ1n) is 6.66. The van der Waals surface area contributed by atoms with Crippen molar-refractivity contribution in [2.75, 3.05) is 24.4 Å². The van der Waals surface area contributed by atoms with Gasteiger partial charge in [0.05, 0.1) is 0 Å². The van der Waals surface area contributed by atoms with Gasteiger partial charge >= 0.3 is 0 Å². The highest BCUT2D eigenvalue weighted by Crippen LogP contribution is 2.23. The van der Waals surface area contributed by atoms with E-state index in [4.69, 9.17) is 0 Å². The maximum atomic E-state index is 12.0. The van der Waals surface area contributed by atoms with Gasteiger partial charge in [-0.25, -0.2) is 15.1 Å². The number of aromatic amines is 1. The molecule has 0 saturated carbocycles. The first-order chi connectivity index (χ1) is 10.4. The minimum atomic E-state index is -0.776. The van der Waals surface area contributed by atoms with Crippen molar-refractivity contribution in [3.05, 3.63) is 62.1 Å². The maximum absolute atomic E-state index is 12.0. The average Bonchev–Trinajstić information content (AvgIpc) is 2.46. The molecule has 0 saturated heterocycles. The van der Waals surface area contributed by atoms with Crippen molar-refractivity contribution in [3.8, 4) is 0 Å². The fraction of sp³-hybridized carbons (Fsp3) is 0.286. The Bertz CT molecular complexity index is 724. The molecule has 8 nitrogen and oxygen atoms in total. The number of hydrogen-bond acceptors (Lipinski definition) is 5. The first-order valence-corrected chi connectivity index (χ1v) is 6.66. The minimum Gasteiger partial charge on any atom is -0.378 e. The molecule has 2 N–H and O–H groups in total. The summed E-state index contributed by atoms with van der Waals surface area (Å²) in [5, 5.41) is 9.56. The van der Waals surface area contributed by atoms with E-state index >= 15 is 0 Å². The van der Waals surface area contributed by atoms with Gasteiger partial charge in [-0.3, -0.25) is 9.78 Å². The van der Waals surface area contributed by atoms with Gasteiger partial charge in [-0.05, 0) is 17.7 Å². The normalized spacial score (nSPS) is 11.8. The quantitative estimate of drug-likeness (QED) is 0.642. The lowest BCUT2D eigenvalue weighted by Gasteiger charge is -2.15. The van der Waals surface area contributed by atoms with Gasteiger partial charge in [0.25, 0.3) is 11.5 Å². The minimum absolute atomic E-state index is 0.169. The number of nitrogens with one attached hydrogen (secondary N) is 2. The molecule has 8 heteroatoms. The van der Waals surface area contributed by atoms with Crippen LogP contribution >= 0.6 is 0 Å². The van der Waals surface area contributed by atoms with Gasteiger partial charge in [0.2, 0.25) is 0 Å². The van der Waals surface area contributed by atoms with Crippen LogP contribution in [0.4, 0.5) is 11.6 Å². The Morgan fingerprint density at radius 3 is 2.45 bits per heavy atom. The lowest BCUT2D eigenvalue weighted by Crippen LogP contribution is -2.21. The highest BCUT2D eigenvalue weighted by molar-refractivity contribution is 5.47. The van der Waals surface area contributed by atoms with Crippen LogP contribution in [0.5, 0.6) is 0 Å². The van der Waals surface area contributed by atoms with Crippen LogP contribution in [0.25, 0.3) is 0 Å². The summed E-state index contributed by atoms with van der Waals surface area (Å²) in [6.07, 6.45) is 1.36. The monoisotopic (exact) mass is 303 g/mol. The molecule has 0 fully saturated rings. The average molecular weight is 303 g/mol. The van der Waals surface area contributed by atoms with Crippen molar-refractivity contribution >= 4 is 11.6 Å². The molecule has 2 rings (SSSR count). The molecule has 1 atom stereocenters. The van der Waals surface area contributed by atoms with Crippen LogP contribution in [0.2, 0.25) is 0 Å². The number of benzene rings is 1. The number of hydrazine groups is 1. The van der Waals surface area contributed by atoms with Gasteiger partial charge in [-0.1, -0.05) is 24.5 Å². The molecular weight excluding hydrogens is 286 g/mol. The predicted molar refractivity (Wildman–Crippen MR) is 83.8 cm³/mol. The summed E-state index contributed by atoms with van der Waals surface area (Å²) in [4.78, 5) is 30.6. The number of nitrogens with zero attached hydrogens (tertiary/aromatic N) is 3. The number of anilines is 2.